The third kappa shape index (κ3) is 7.84. The molecule has 1 saturated carbocycles. The van der Waals surface area contributed by atoms with Gasteiger partial charge in [0, 0.05) is 12.6 Å². The highest BCUT2D eigenvalue weighted by Gasteiger charge is 2.37. The van der Waals surface area contributed by atoms with Crippen LogP contribution in [-0.2, 0) is 32.3 Å². The van der Waals surface area contributed by atoms with Crippen LogP contribution in [0.25, 0.3) is 0 Å². The molecule has 0 aliphatic heterocycles. The summed E-state index contributed by atoms with van der Waals surface area (Å²) in [5.74, 6) is -0.714. The number of nitrogens with one attached hydrogen (secondary N) is 1. The molecule has 1 aliphatic carbocycles. The van der Waals surface area contributed by atoms with E-state index in [4.69, 9.17) is 16.3 Å². The quantitative estimate of drug-likeness (QED) is 0.273. The molecule has 0 spiro atoms. The number of halogens is 4. The van der Waals surface area contributed by atoms with E-state index in [0.29, 0.717) is 21.7 Å². The zero-order chi connectivity index (χ0) is 32.1. The molecule has 0 heterocycles. The van der Waals surface area contributed by atoms with E-state index in [1.54, 1.807) is 30.3 Å². The Morgan fingerprint density at radius 2 is 1.70 bits per heavy atom. The number of hydrogen-bond donors (Lipinski definition) is 1. The van der Waals surface area contributed by atoms with Crippen LogP contribution in [0.1, 0.15) is 43.7 Å². The number of nitrogens with zero attached hydrogens (tertiary/aromatic N) is 2. The summed E-state index contributed by atoms with van der Waals surface area (Å²) in [4.78, 5) is 28.4. The van der Waals surface area contributed by atoms with Gasteiger partial charge >= 0.3 is 6.18 Å². The topological polar surface area (TPSA) is 96.0 Å². The minimum atomic E-state index is -4.88. The first-order chi connectivity index (χ1) is 20.8. The number of anilines is 1. The van der Waals surface area contributed by atoms with Gasteiger partial charge in [-0.2, -0.15) is 13.2 Å². The molecule has 13 heteroatoms. The van der Waals surface area contributed by atoms with Gasteiger partial charge < -0.3 is 15.0 Å². The van der Waals surface area contributed by atoms with Crippen LogP contribution in [-0.4, -0.2) is 50.9 Å². The molecule has 0 aromatic heterocycles. The summed E-state index contributed by atoms with van der Waals surface area (Å²) in [6.07, 6.45) is -1.32. The minimum absolute atomic E-state index is 0.0384. The van der Waals surface area contributed by atoms with Gasteiger partial charge in [-0.05, 0) is 67.8 Å². The lowest BCUT2D eigenvalue weighted by Gasteiger charge is -2.32. The number of methoxy groups -OCH3 is 1. The Kier molecular flexibility index (Phi) is 10.5. The number of carbonyl (C=O) groups excluding carboxylic acids is 2. The van der Waals surface area contributed by atoms with Gasteiger partial charge in [-0.25, -0.2) is 8.42 Å². The van der Waals surface area contributed by atoms with Crippen molar-refractivity contribution in [1.29, 1.82) is 0 Å². The summed E-state index contributed by atoms with van der Waals surface area (Å²) in [5, 5.41) is 2.34. The monoisotopic (exact) mass is 651 g/mol. The van der Waals surface area contributed by atoms with Crippen molar-refractivity contribution in [3.63, 3.8) is 0 Å². The lowest BCUT2D eigenvalue weighted by molar-refractivity contribution is -0.139. The van der Waals surface area contributed by atoms with Gasteiger partial charge in [-0.15, -0.1) is 0 Å². The van der Waals surface area contributed by atoms with Crippen LogP contribution in [0, 0.1) is 0 Å². The molecule has 1 aliphatic rings. The fourth-order valence-electron chi connectivity index (χ4n) is 5.08. The van der Waals surface area contributed by atoms with Crippen LogP contribution in [0.4, 0.5) is 18.9 Å². The summed E-state index contributed by atoms with van der Waals surface area (Å²) in [5.41, 5.74) is -1.07. The second kappa shape index (κ2) is 13.9. The van der Waals surface area contributed by atoms with Crippen LogP contribution < -0.4 is 14.4 Å². The predicted molar refractivity (Wildman–Crippen MR) is 161 cm³/mol. The number of rotatable bonds is 11. The van der Waals surface area contributed by atoms with Crippen molar-refractivity contribution in [2.45, 2.75) is 62.3 Å². The standard InChI is InChI=1S/C31H33ClF3N3O5S/c1-21(30(40)36-23-10-6-7-11-23)37(19-22-9-8-12-25(17-22)43-2)29(39)20-38(44(41,42)26-13-4-3-5-14-26)24-15-16-28(32)27(18-24)31(33,34)35/h3-5,8-9,12-18,21,23H,6-7,10-11,19-20H2,1-2H3,(H,36,40). The highest BCUT2D eigenvalue weighted by Crippen LogP contribution is 2.38. The first-order valence-corrected chi connectivity index (χ1v) is 15.8. The SMILES string of the molecule is COc1cccc(CN(C(=O)CN(c2ccc(Cl)c(C(F)(F)F)c2)S(=O)(=O)c2ccccc2)C(C)C(=O)NC2CCCC2)c1. The minimum Gasteiger partial charge on any atom is -0.497 e. The average molecular weight is 652 g/mol. The summed E-state index contributed by atoms with van der Waals surface area (Å²) < 4.78 is 75.0. The normalized spacial score (nSPS) is 14.6. The fourth-order valence-corrected chi connectivity index (χ4v) is 6.73. The molecule has 2 amide bonds. The first kappa shape index (κ1) is 33.1. The molecular weight excluding hydrogens is 619 g/mol. The summed E-state index contributed by atoms with van der Waals surface area (Å²) in [7, 11) is -3.07. The Morgan fingerprint density at radius 1 is 1.02 bits per heavy atom. The summed E-state index contributed by atoms with van der Waals surface area (Å²) in [6.45, 7) is 0.548. The second-order valence-corrected chi connectivity index (χ2v) is 12.8. The highest BCUT2D eigenvalue weighted by atomic mass is 35.5. The highest BCUT2D eigenvalue weighted by molar-refractivity contribution is 7.92. The molecule has 44 heavy (non-hydrogen) atoms. The Bertz CT molecular complexity index is 1580. The molecule has 0 saturated heterocycles. The van der Waals surface area contributed by atoms with E-state index in [2.05, 4.69) is 5.32 Å². The molecule has 3 aromatic rings. The largest absolute Gasteiger partial charge is 0.497 e. The predicted octanol–water partition coefficient (Wildman–Crippen LogP) is 6.04. The van der Waals surface area contributed by atoms with Crippen LogP contribution in [0.3, 0.4) is 0 Å². The Labute approximate surface area is 259 Å². The Balaban J connectivity index is 1.75. The number of benzene rings is 3. The van der Waals surface area contributed by atoms with Crippen LogP contribution >= 0.6 is 11.6 Å². The van der Waals surface area contributed by atoms with E-state index >= 15 is 0 Å². The van der Waals surface area contributed by atoms with Gasteiger partial charge in [0.2, 0.25) is 11.8 Å². The molecule has 0 bridgehead atoms. The summed E-state index contributed by atoms with van der Waals surface area (Å²) in [6, 6.07) is 15.4. The molecule has 3 aromatic carbocycles. The van der Waals surface area contributed by atoms with Crippen LogP contribution in [0.15, 0.2) is 77.7 Å². The summed E-state index contributed by atoms with van der Waals surface area (Å²) >= 11 is 5.82. The molecule has 4 rings (SSSR count). The zero-order valence-electron chi connectivity index (χ0n) is 24.2. The van der Waals surface area contributed by atoms with Gasteiger partial charge in [-0.1, -0.05) is 54.8 Å². The van der Waals surface area contributed by atoms with Crippen molar-refractivity contribution in [1.82, 2.24) is 10.2 Å². The van der Waals surface area contributed by atoms with Crippen molar-refractivity contribution in [2.75, 3.05) is 18.0 Å². The third-order valence-corrected chi connectivity index (χ3v) is 9.63. The van der Waals surface area contributed by atoms with Crippen molar-refractivity contribution >= 4 is 39.1 Å². The van der Waals surface area contributed by atoms with E-state index in [1.807, 2.05) is 0 Å². The number of ether oxygens (including phenoxy) is 1. The van der Waals surface area contributed by atoms with E-state index in [9.17, 15) is 31.2 Å². The molecule has 236 valence electrons. The van der Waals surface area contributed by atoms with Crippen molar-refractivity contribution in [3.05, 3.63) is 88.9 Å². The smallest absolute Gasteiger partial charge is 0.417 e. The fraction of sp³-hybridized carbons (Fsp3) is 0.355. The van der Waals surface area contributed by atoms with E-state index in [1.165, 1.54) is 43.2 Å². The third-order valence-electron chi connectivity index (χ3n) is 7.51. The number of hydrogen-bond acceptors (Lipinski definition) is 5. The Hall–Kier alpha value is -3.77. The van der Waals surface area contributed by atoms with E-state index < -0.39 is 56.9 Å². The lowest BCUT2D eigenvalue weighted by atomic mass is 10.1. The van der Waals surface area contributed by atoms with Gasteiger partial charge in [-0.3, -0.25) is 13.9 Å². The molecule has 0 radical (unpaired) electrons. The maximum atomic E-state index is 14.1. The number of carbonyl (C=O) groups is 2. The number of alkyl halides is 3. The first-order valence-electron chi connectivity index (χ1n) is 14.0. The maximum absolute atomic E-state index is 14.1. The van der Waals surface area contributed by atoms with Gasteiger partial charge in [0.25, 0.3) is 10.0 Å². The lowest BCUT2D eigenvalue weighted by Crippen LogP contribution is -2.52. The average Bonchev–Trinajstić information content (AvgIpc) is 3.51. The van der Waals surface area contributed by atoms with E-state index in [-0.39, 0.29) is 17.5 Å². The molecule has 1 fully saturated rings. The van der Waals surface area contributed by atoms with Gasteiger partial charge in [0.15, 0.2) is 0 Å². The van der Waals surface area contributed by atoms with E-state index in [0.717, 1.165) is 37.8 Å². The second-order valence-electron chi connectivity index (χ2n) is 10.5. The number of amides is 2. The van der Waals surface area contributed by atoms with Crippen molar-refractivity contribution in [2.24, 2.45) is 0 Å². The van der Waals surface area contributed by atoms with Crippen molar-refractivity contribution in [3.8, 4) is 5.75 Å². The van der Waals surface area contributed by atoms with Crippen LogP contribution in [0.5, 0.6) is 5.75 Å². The molecule has 8 nitrogen and oxygen atoms in total. The molecule has 1 N–H and O–H groups in total. The van der Waals surface area contributed by atoms with Gasteiger partial charge in [0.1, 0.15) is 18.3 Å². The van der Waals surface area contributed by atoms with Gasteiger partial charge in [0.05, 0.1) is 28.3 Å². The number of sulfonamides is 1. The van der Waals surface area contributed by atoms with Crippen LogP contribution in [0.2, 0.25) is 5.02 Å². The molecular formula is C31H33ClF3N3O5S. The molecule has 1 atom stereocenters. The molecule has 1 unspecified atom stereocenters. The Morgan fingerprint density at radius 3 is 2.34 bits per heavy atom. The zero-order valence-corrected chi connectivity index (χ0v) is 25.8. The van der Waals surface area contributed by atoms with Crippen molar-refractivity contribution < 1.29 is 35.9 Å². The maximum Gasteiger partial charge on any atom is 0.417 e.